The SMILES string of the molecule is CC(=O)C1(C(CC(=O)NCC#N)C2CCCCC2)C=CC=N1. The Kier molecular flexibility index (Phi) is 5.48. The van der Waals surface area contributed by atoms with Gasteiger partial charge in [0.15, 0.2) is 5.78 Å². The topological polar surface area (TPSA) is 82.3 Å². The lowest BCUT2D eigenvalue weighted by Gasteiger charge is -2.38. The lowest BCUT2D eigenvalue weighted by Crippen LogP contribution is -2.46. The first kappa shape index (κ1) is 16.4. The lowest BCUT2D eigenvalue weighted by molar-refractivity contribution is -0.126. The smallest absolute Gasteiger partial charge is 0.221 e. The summed E-state index contributed by atoms with van der Waals surface area (Å²) in [6, 6.07) is 1.91. The van der Waals surface area contributed by atoms with Gasteiger partial charge in [-0.05, 0) is 25.0 Å². The predicted molar refractivity (Wildman–Crippen MR) is 84.3 cm³/mol. The van der Waals surface area contributed by atoms with Gasteiger partial charge in [-0.15, -0.1) is 0 Å². The van der Waals surface area contributed by atoms with E-state index in [1.54, 1.807) is 19.2 Å². The van der Waals surface area contributed by atoms with Gasteiger partial charge in [-0.3, -0.25) is 14.6 Å². The van der Waals surface area contributed by atoms with Crippen LogP contribution in [0, 0.1) is 23.2 Å². The molecule has 0 aromatic rings. The Morgan fingerprint density at radius 1 is 1.41 bits per heavy atom. The van der Waals surface area contributed by atoms with Crippen molar-refractivity contribution >= 4 is 17.9 Å². The molecule has 0 bridgehead atoms. The Balaban J connectivity index is 2.22. The zero-order valence-corrected chi connectivity index (χ0v) is 13.0. The summed E-state index contributed by atoms with van der Waals surface area (Å²) in [4.78, 5) is 28.9. The highest BCUT2D eigenvalue weighted by atomic mass is 16.1. The van der Waals surface area contributed by atoms with Crippen LogP contribution in [0.1, 0.15) is 45.4 Å². The summed E-state index contributed by atoms with van der Waals surface area (Å²) < 4.78 is 0. The number of aliphatic imine (C=N–C) groups is 1. The van der Waals surface area contributed by atoms with Crippen molar-refractivity contribution in [3.63, 3.8) is 0 Å². The summed E-state index contributed by atoms with van der Waals surface area (Å²) in [5.41, 5.74) is -0.897. The minimum atomic E-state index is -0.897. The van der Waals surface area contributed by atoms with Gasteiger partial charge in [0.1, 0.15) is 12.1 Å². The molecule has 0 aromatic carbocycles. The van der Waals surface area contributed by atoms with Crippen LogP contribution in [0.15, 0.2) is 17.1 Å². The molecule has 0 aromatic heterocycles. The molecule has 1 N–H and O–H groups in total. The maximum absolute atomic E-state index is 12.3. The number of allylic oxidation sites excluding steroid dienone is 1. The quantitative estimate of drug-likeness (QED) is 0.763. The number of carbonyl (C=O) groups is 2. The fraction of sp³-hybridized carbons (Fsp3) is 0.647. The molecule has 2 aliphatic rings. The van der Waals surface area contributed by atoms with Gasteiger partial charge in [0.2, 0.25) is 5.91 Å². The van der Waals surface area contributed by atoms with Crippen LogP contribution < -0.4 is 5.32 Å². The second-order valence-corrected chi connectivity index (χ2v) is 6.16. The van der Waals surface area contributed by atoms with Crippen LogP contribution in [-0.4, -0.2) is 30.0 Å². The van der Waals surface area contributed by atoms with Crippen molar-refractivity contribution < 1.29 is 9.59 Å². The van der Waals surface area contributed by atoms with E-state index in [9.17, 15) is 9.59 Å². The third-order valence-corrected chi connectivity index (χ3v) is 4.84. The Labute approximate surface area is 131 Å². The average molecular weight is 301 g/mol. The van der Waals surface area contributed by atoms with E-state index in [2.05, 4.69) is 10.3 Å². The molecule has 2 rings (SSSR count). The molecule has 0 radical (unpaired) electrons. The van der Waals surface area contributed by atoms with Crippen molar-refractivity contribution in [3.8, 4) is 6.07 Å². The van der Waals surface area contributed by atoms with E-state index in [0.717, 1.165) is 25.7 Å². The fourth-order valence-corrected chi connectivity index (χ4v) is 3.72. The first-order chi connectivity index (χ1) is 10.6. The van der Waals surface area contributed by atoms with E-state index in [-0.39, 0.29) is 30.6 Å². The molecule has 1 aliphatic carbocycles. The number of ketones is 1. The molecule has 1 amide bonds. The Hall–Kier alpha value is -1.96. The summed E-state index contributed by atoms with van der Waals surface area (Å²) in [5, 5.41) is 11.2. The molecule has 118 valence electrons. The van der Waals surface area contributed by atoms with Crippen molar-refractivity contribution in [1.82, 2.24) is 5.32 Å². The molecule has 5 heteroatoms. The molecule has 5 nitrogen and oxygen atoms in total. The summed E-state index contributed by atoms with van der Waals surface area (Å²) in [6.45, 7) is 1.55. The van der Waals surface area contributed by atoms with Crippen LogP contribution in [0.4, 0.5) is 0 Å². The molecule has 22 heavy (non-hydrogen) atoms. The molecular formula is C17H23N3O2. The molecule has 1 saturated carbocycles. The van der Waals surface area contributed by atoms with Gasteiger partial charge in [-0.25, -0.2) is 0 Å². The summed E-state index contributed by atoms with van der Waals surface area (Å²) >= 11 is 0. The predicted octanol–water partition coefficient (Wildman–Crippen LogP) is 2.18. The number of nitrogens with one attached hydrogen (secondary N) is 1. The van der Waals surface area contributed by atoms with Gasteiger partial charge in [-0.1, -0.05) is 32.1 Å². The van der Waals surface area contributed by atoms with E-state index in [1.165, 1.54) is 6.42 Å². The number of carbonyl (C=O) groups excluding carboxylic acids is 2. The second-order valence-electron chi connectivity index (χ2n) is 6.16. The van der Waals surface area contributed by atoms with Gasteiger partial charge in [0, 0.05) is 18.6 Å². The summed E-state index contributed by atoms with van der Waals surface area (Å²) in [5.74, 6) is 0.0128. The molecule has 0 spiro atoms. The summed E-state index contributed by atoms with van der Waals surface area (Å²) in [7, 11) is 0. The van der Waals surface area contributed by atoms with Crippen molar-refractivity contribution in [1.29, 1.82) is 5.26 Å². The molecule has 1 heterocycles. The summed E-state index contributed by atoms with van der Waals surface area (Å²) in [6.07, 6.45) is 11.1. The highest BCUT2D eigenvalue weighted by molar-refractivity contribution is 5.95. The van der Waals surface area contributed by atoms with Crippen molar-refractivity contribution in [2.45, 2.75) is 51.0 Å². The van der Waals surface area contributed by atoms with Crippen LogP contribution in [0.5, 0.6) is 0 Å². The normalized spacial score (nSPS) is 25.6. The minimum Gasteiger partial charge on any atom is -0.343 e. The second kappa shape index (κ2) is 7.35. The number of rotatable bonds is 6. The van der Waals surface area contributed by atoms with Crippen LogP contribution in [0.25, 0.3) is 0 Å². The van der Waals surface area contributed by atoms with Gasteiger partial charge in [-0.2, -0.15) is 5.26 Å². The van der Waals surface area contributed by atoms with Gasteiger partial charge >= 0.3 is 0 Å². The molecule has 1 fully saturated rings. The highest BCUT2D eigenvalue weighted by Gasteiger charge is 2.46. The van der Waals surface area contributed by atoms with E-state index >= 15 is 0 Å². The zero-order valence-electron chi connectivity index (χ0n) is 13.0. The fourth-order valence-electron chi connectivity index (χ4n) is 3.72. The maximum atomic E-state index is 12.3. The highest BCUT2D eigenvalue weighted by Crippen LogP contribution is 2.42. The molecular weight excluding hydrogens is 278 g/mol. The van der Waals surface area contributed by atoms with Gasteiger partial charge in [0.25, 0.3) is 0 Å². The number of hydrogen-bond donors (Lipinski definition) is 1. The third-order valence-electron chi connectivity index (χ3n) is 4.84. The van der Waals surface area contributed by atoms with Crippen LogP contribution >= 0.6 is 0 Å². The number of nitriles is 1. The largest absolute Gasteiger partial charge is 0.343 e. The van der Waals surface area contributed by atoms with Crippen LogP contribution in [0.3, 0.4) is 0 Å². The van der Waals surface area contributed by atoms with Gasteiger partial charge in [0.05, 0.1) is 6.07 Å². The number of Topliss-reactive ketones (excluding diaryl/α,β-unsaturated/α-hetero) is 1. The van der Waals surface area contributed by atoms with Crippen molar-refractivity contribution in [2.24, 2.45) is 16.8 Å². The van der Waals surface area contributed by atoms with E-state index in [4.69, 9.17) is 5.26 Å². The molecule has 2 unspecified atom stereocenters. The number of hydrogen-bond acceptors (Lipinski definition) is 4. The van der Waals surface area contributed by atoms with Crippen LogP contribution in [0.2, 0.25) is 0 Å². The standard InChI is InChI=1S/C17H23N3O2/c1-13(21)17(8-5-10-20-17)15(12-16(22)19-11-9-18)14-6-3-2-4-7-14/h5,8,10,14-15H,2-4,6-7,11-12H2,1H3,(H,19,22). The maximum Gasteiger partial charge on any atom is 0.221 e. The molecule has 0 saturated heterocycles. The monoisotopic (exact) mass is 301 g/mol. The van der Waals surface area contributed by atoms with E-state index in [0.29, 0.717) is 5.92 Å². The first-order valence-corrected chi connectivity index (χ1v) is 7.98. The molecule has 1 aliphatic heterocycles. The van der Waals surface area contributed by atoms with E-state index in [1.807, 2.05) is 12.1 Å². The average Bonchev–Trinajstić information content (AvgIpc) is 3.02. The Bertz CT molecular complexity index is 513. The van der Waals surface area contributed by atoms with Crippen molar-refractivity contribution in [3.05, 3.63) is 12.2 Å². The van der Waals surface area contributed by atoms with Gasteiger partial charge < -0.3 is 5.32 Å². The number of nitrogens with zero attached hydrogens (tertiary/aromatic N) is 2. The first-order valence-electron chi connectivity index (χ1n) is 7.98. The van der Waals surface area contributed by atoms with Crippen LogP contribution in [-0.2, 0) is 9.59 Å². The molecule has 2 atom stereocenters. The lowest BCUT2D eigenvalue weighted by atomic mass is 9.67. The Morgan fingerprint density at radius 3 is 2.68 bits per heavy atom. The number of amides is 1. The zero-order chi connectivity index (χ0) is 16.0. The van der Waals surface area contributed by atoms with E-state index < -0.39 is 5.54 Å². The van der Waals surface area contributed by atoms with Crippen molar-refractivity contribution in [2.75, 3.05) is 6.54 Å². The Morgan fingerprint density at radius 2 is 2.14 bits per heavy atom. The third kappa shape index (κ3) is 3.44. The minimum absolute atomic E-state index is 0.00238.